The second-order valence-corrected chi connectivity index (χ2v) is 10.9. The van der Waals surface area contributed by atoms with Crippen LogP contribution in [0.25, 0.3) is 0 Å². The molecule has 0 radical (unpaired) electrons. The summed E-state index contributed by atoms with van der Waals surface area (Å²) in [6.07, 6.45) is 4.46. The molecule has 1 aromatic heterocycles. The fraction of sp³-hybridized carbons (Fsp3) is 0.346. The zero-order chi connectivity index (χ0) is 25.7. The van der Waals surface area contributed by atoms with Crippen molar-refractivity contribution in [1.29, 1.82) is 5.26 Å². The fourth-order valence-electron chi connectivity index (χ4n) is 4.33. The average Bonchev–Trinajstić information content (AvgIpc) is 2.83. The summed E-state index contributed by atoms with van der Waals surface area (Å²) in [4.78, 5) is 11.1. The van der Waals surface area contributed by atoms with Gasteiger partial charge in [0.25, 0.3) is 0 Å². The van der Waals surface area contributed by atoms with Gasteiger partial charge in [-0.25, -0.2) is 18.1 Å². The largest absolute Gasteiger partial charge is 0.438 e. The van der Waals surface area contributed by atoms with Crippen LogP contribution in [0.3, 0.4) is 0 Å². The van der Waals surface area contributed by atoms with Crippen molar-refractivity contribution >= 4 is 21.7 Å². The van der Waals surface area contributed by atoms with Crippen LogP contribution < -0.4 is 14.8 Å². The molecule has 2 heterocycles. The Labute approximate surface area is 212 Å². The van der Waals surface area contributed by atoms with Crippen molar-refractivity contribution in [3.8, 4) is 17.7 Å². The van der Waals surface area contributed by atoms with E-state index in [0.717, 1.165) is 49.3 Å². The van der Waals surface area contributed by atoms with Gasteiger partial charge < -0.3 is 10.1 Å². The lowest BCUT2D eigenvalue weighted by molar-refractivity contribution is 0.200. The van der Waals surface area contributed by atoms with Gasteiger partial charge in [0, 0.05) is 43.6 Å². The Bertz CT molecular complexity index is 1340. The molecule has 0 spiro atoms. The third-order valence-electron chi connectivity index (χ3n) is 6.01. The minimum atomic E-state index is -3.16. The van der Waals surface area contributed by atoms with Crippen LogP contribution in [0, 0.1) is 25.2 Å². The Hall–Kier alpha value is -3.52. The zero-order valence-electron chi connectivity index (χ0n) is 20.7. The Balaban J connectivity index is 1.34. The predicted molar refractivity (Wildman–Crippen MR) is 139 cm³/mol. The van der Waals surface area contributed by atoms with Gasteiger partial charge in [-0.15, -0.1) is 0 Å². The van der Waals surface area contributed by atoms with E-state index >= 15 is 0 Å². The van der Waals surface area contributed by atoms with Gasteiger partial charge in [0.1, 0.15) is 5.75 Å². The lowest BCUT2D eigenvalue weighted by Crippen LogP contribution is -2.43. The topological polar surface area (TPSA) is 120 Å². The van der Waals surface area contributed by atoms with Gasteiger partial charge in [0.05, 0.1) is 17.9 Å². The second kappa shape index (κ2) is 11.0. The number of benzene rings is 2. The number of nitriles is 1. The van der Waals surface area contributed by atoms with Gasteiger partial charge in [-0.1, -0.05) is 12.1 Å². The van der Waals surface area contributed by atoms with E-state index in [1.807, 2.05) is 26.0 Å². The number of rotatable bonds is 8. The van der Waals surface area contributed by atoms with Crippen molar-refractivity contribution < 1.29 is 13.2 Å². The van der Waals surface area contributed by atoms with E-state index in [4.69, 9.17) is 10.00 Å². The maximum Gasteiger partial charge on any atom is 0.230 e. The van der Waals surface area contributed by atoms with Gasteiger partial charge in [0.15, 0.2) is 0 Å². The van der Waals surface area contributed by atoms with Crippen molar-refractivity contribution in [1.82, 2.24) is 19.6 Å². The third-order valence-corrected chi connectivity index (χ3v) is 6.77. The van der Waals surface area contributed by atoms with Crippen molar-refractivity contribution in [3.63, 3.8) is 0 Å². The number of sulfonamides is 1. The molecule has 188 valence electrons. The maximum atomic E-state index is 11.4. The Morgan fingerprint density at radius 1 is 1.11 bits per heavy atom. The molecular weight excluding hydrogens is 476 g/mol. The predicted octanol–water partition coefficient (Wildman–Crippen LogP) is 4.01. The van der Waals surface area contributed by atoms with Gasteiger partial charge in [0.2, 0.25) is 21.9 Å². The first-order chi connectivity index (χ1) is 17.2. The molecule has 0 saturated carbocycles. The van der Waals surface area contributed by atoms with Crippen molar-refractivity contribution in [2.75, 3.05) is 24.7 Å². The summed E-state index contributed by atoms with van der Waals surface area (Å²) in [7, 11) is -3.16. The summed E-state index contributed by atoms with van der Waals surface area (Å²) >= 11 is 0. The minimum absolute atomic E-state index is 0.0207. The monoisotopic (exact) mass is 506 g/mol. The van der Waals surface area contributed by atoms with Gasteiger partial charge >= 0.3 is 0 Å². The number of ether oxygens (including phenoxy) is 1. The Morgan fingerprint density at radius 2 is 1.78 bits per heavy atom. The smallest absolute Gasteiger partial charge is 0.230 e. The van der Waals surface area contributed by atoms with E-state index in [9.17, 15) is 8.42 Å². The molecule has 0 aliphatic carbocycles. The molecule has 0 bridgehead atoms. The molecular formula is C26H30N6O3S. The van der Waals surface area contributed by atoms with Crippen LogP contribution >= 0.6 is 0 Å². The Morgan fingerprint density at radius 3 is 2.39 bits per heavy atom. The van der Waals surface area contributed by atoms with Crippen LogP contribution in [0.4, 0.5) is 11.6 Å². The minimum Gasteiger partial charge on any atom is -0.438 e. The summed E-state index contributed by atoms with van der Waals surface area (Å²) in [5, 5.41) is 12.4. The molecule has 1 aliphatic heterocycles. The van der Waals surface area contributed by atoms with E-state index < -0.39 is 10.0 Å². The van der Waals surface area contributed by atoms with E-state index in [0.29, 0.717) is 23.1 Å². The van der Waals surface area contributed by atoms with Crippen LogP contribution in [0.2, 0.25) is 0 Å². The fourth-order valence-corrected chi connectivity index (χ4v) is 5.17. The molecule has 0 unspecified atom stereocenters. The number of anilines is 2. The molecule has 2 aromatic carbocycles. The normalized spacial score (nSPS) is 14.8. The molecule has 10 heteroatoms. The van der Waals surface area contributed by atoms with Crippen LogP contribution in [-0.2, 0) is 16.6 Å². The van der Waals surface area contributed by atoms with Gasteiger partial charge in [-0.3, -0.25) is 4.90 Å². The standard InChI is InChI=1S/C26H30N6O3S/c1-18-14-21(16-27)15-19(2)25(18)35-24-8-11-28-26(30-24)29-22-6-4-20(5-7-22)17-32-12-9-23(10-13-32)31-36(3,33)34/h4-8,11,14-15,23,31H,9-10,12-13,17H2,1-3H3,(H,28,29,30). The molecule has 0 atom stereocenters. The summed E-state index contributed by atoms with van der Waals surface area (Å²) < 4.78 is 31.6. The number of likely N-dealkylation sites (tertiary alicyclic amines) is 1. The number of nitrogens with zero attached hydrogens (tertiary/aromatic N) is 4. The summed E-state index contributed by atoms with van der Waals surface area (Å²) in [6, 6.07) is 15.5. The lowest BCUT2D eigenvalue weighted by atomic mass is 10.1. The van der Waals surface area contributed by atoms with Crippen molar-refractivity contribution in [2.24, 2.45) is 0 Å². The van der Waals surface area contributed by atoms with Crippen molar-refractivity contribution in [2.45, 2.75) is 39.3 Å². The highest BCUT2D eigenvalue weighted by Crippen LogP contribution is 2.29. The number of nitrogens with one attached hydrogen (secondary N) is 2. The third kappa shape index (κ3) is 7.01. The van der Waals surface area contributed by atoms with Crippen LogP contribution in [0.1, 0.15) is 35.1 Å². The number of aromatic nitrogens is 2. The summed E-state index contributed by atoms with van der Waals surface area (Å²) in [6.45, 7) is 6.33. The van der Waals surface area contributed by atoms with Gasteiger partial charge in [-0.05, 0) is 67.6 Å². The quantitative estimate of drug-likeness (QED) is 0.470. The highest BCUT2D eigenvalue weighted by atomic mass is 32.2. The highest BCUT2D eigenvalue weighted by molar-refractivity contribution is 7.88. The van der Waals surface area contributed by atoms with E-state index in [2.05, 4.69) is 43.1 Å². The van der Waals surface area contributed by atoms with Crippen LogP contribution in [0.5, 0.6) is 11.6 Å². The highest BCUT2D eigenvalue weighted by Gasteiger charge is 2.21. The van der Waals surface area contributed by atoms with Crippen LogP contribution in [-0.4, -0.2) is 48.7 Å². The molecule has 1 saturated heterocycles. The van der Waals surface area contributed by atoms with Gasteiger partial charge in [-0.2, -0.15) is 10.2 Å². The second-order valence-electron chi connectivity index (χ2n) is 9.13. The Kier molecular flexibility index (Phi) is 7.84. The average molecular weight is 507 g/mol. The molecule has 0 amide bonds. The number of aryl methyl sites for hydroxylation is 2. The van der Waals surface area contributed by atoms with Crippen LogP contribution in [0.15, 0.2) is 48.7 Å². The van der Waals surface area contributed by atoms with Crippen molar-refractivity contribution in [3.05, 3.63) is 70.9 Å². The molecule has 36 heavy (non-hydrogen) atoms. The molecule has 3 aromatic rings. The first-order valence-corrected chi connectivity index (χ1v) is 13.7. The maximum absolute atomic E-state index is 11.4. The number of hydrogen-bond acceptors (Lipinski definition) is 8. The van der Waals surface area contributed by atoms with E-state index in [-0.39, 0.29) is 6.04 Å². The number of piperidine rings is 1. The summed E-state index contributed by atoms with van der Waals surface area (Å²) in [5.41, 5.74) is 4.37. The van der Waals surface area contributed by atoms with E-state index in [1.54, 1.807) is 24.4 Å². The molecule has 1 fully saturated rings. The lowest BCUT2D eigenvalue weighted by Gasteiger charge is -2.31. The molecule has 4 rings (SSSR count). The molecule has 9 nitrogen and oxygen atoms in total. The van der Waals surface area contributed by atoms with E-state index in [1.165, 1.54) is 11.8 Å². The zero-order valence-corrected chi connectivity index (χ0v) is 21.5. The molecule has 1 aliphatic rings. The first-order valence-electron chi connectivity index (χ1n) is 11.8. The molecule has 2 N–H and O–H groups in total. The number of hydrogen-bond donors (Lipinski definition) is 2. The summed E-state index contributed by atoms with van der Waals surface area (Å²) in [5.74, 6) is 1.51. The first kappa shape index (κ1) is 25.6. The SMILES string of the molecule is Cc1cc(C#N)cc(C)c1Oc1ccnc(Nc2ccc(CN3CCC(NS(C)(=O)=O)CC3)cc2)n1.